The van der Waals surface area contributed by atoms with Crippen LogP contribution in [-0.4, -0.2) is 50.1 Å². The molecule has 1 unspecified atom stereocenters. The number of unbranched alkanes of at least 4 members (excludes halogenated alkanes) is 1. The number of rotatable bonds is 9. The molecule has 0 heterocycles. The molecule has 1 saturated carbocycles. The molecule has 4 nitrogen and oxygen atoms in total. The minimum Gasteiger partial charge on any atom is -0.356 e. The van der Waals surface area contributed by atoms with Gasteiger partial charge in [0.2, 0.25) is 0 Å². The van der Waals surface area contributed by atoms with Crippen LogP contribution in [0.2, 0.25) is 0 Å². The summed E-state index contributed by atoms with van der Waals surface area (Å²) in [5.74, 6) is 1.75. The van der Waals surface area contributed by atoms with Gasteiger partial charge in [0.15, 0.2) is 5.96 Å². The van der Waals surface area contributed by atoms with Crippen molar-refractivity contribution in [1.29, 1.82) is 0 Å². The second-order valence-corrected chi connectivity index (χ2v) is 6.52. The molecule has 21 heavy (non-hydrogen) atoms. The highest BCUT2D eigenvalue weighted by Gasteiger charge is 2.28. The number of nitrogens with one attached hydrogen (secondary N) is 2. The van der Waals surface area contributed by atoms with E-state index < -0.39 is 0 Å². The predicted molar refractivity (Wildman–Crippen MR) is 104 cm³/mol. The Hall–Kier alpha value is -0.0400. The van der Waals surface area contributed by atoms with Crippen LogP contribution in [0, 0.1) is 5.92 Å². The molecule has 0 amide bonds. The first-order valence-electron chi connectivity index (χ1n) is 8.21. The molecule has 5 heteroatoms. The average Bonchev–Trinajstić information content (AvgIpc) is 3.24. The Morgan fingerprint density at radius 1 is 1.19 bits per heavy atom. The molecule has 126 valence electrons. The molecule has 1 rings (SSSR count). The topological polar surface area (TPSA) is 39.7 Å². The van der Waals surface area contributed by atoms with Crippen LogP contribution < -0.4 is 10.6 Å². The van der Waals surface area contributed by atoms with E-state index in [2.05, 4.69) is 48.3 Å². The van der Waals surface area contributed by atoms with Crippen LogP contribution in [0.5, 0.6) is 0 Å². The van der Waals surface area contributed by atoms with Gasteiger partial charge in [-0.3, -0.25) is 9.89 Å². The number of hydrogen-bond acceptors (Lipinski definition) is 2. The zero-order valence-corrected chi connectivity index (χ0v) is 16.8. The van der Waals surface area contributed by atoms with Gasteiger partial charge in [0.25, 0.3) is 0 Å². The molecular formula is C16H35IN4. The van der Waals surface area contributed by atoms with Crippen molar-refractivity contribution in [3.8, 4) is 0 Å². The summed E-state index contributed by atoms with van der Waals surface area (Å²) >= 11 is 0. The molecule has 0 aromatic carbocycles. The quantitative estimate of drug-likeness (QED) is 0.266. The third-order valence-electron chi connectivity index (χ3n) is 4.11. The van der Waals surface area contributed by atoms with Gasteiger partial charge in [-0.15, -0.1) is 24.0 Å². The van der Waals surface area contributed by atoms with Gasteiger partial charge in [-0.05, 0) is 39.2 Å². The Morgan fingerprint density at radius 2 is 1.86 bits per heavy atom. The average molecular weight is 410 g/mol. The smallest absolute Gasteiger partial charge is 0.191 e. The second kappa shape index (κ2) is 11.5. The van der Waals surface area contributed by atoms with Crippen LogP contribution in [0.15, 0.2) is 4.99 Å². The van der Waals surface area contributed by atoms with Crippen molar-refractivity contribution in [3.63, 3.8) is 0 Å². The van der Waals surface area contributed by atoms with E-state index in [4.69, 9.17) is 0 Å². The van der Waals surface area contributed by atoms with Crippen molar-refractivity contribution in [2.75, 3.05) is 27.2 Å². The minimum atomic E-state index is 0. The van der Waals surface area contributed by atoms with E-state index in [1.807, 2.05) is 7.05 Å². The molecule has 0 aromatic heterocycles. The van der Waals surface area contributed by atoms with Gasteiger partial charge >= 0.3 is 0 Å². The highest BCUT2D eigenvalue weighted by molar-refractivity contribution is 14.0. The SMILES string of the molecule is CN=C(NCCCCC(C)C)NCC(C)N(C)C1CC1.I. The summed E-state index contributed by atoms with van der Waals surface area (Å²) in [5.41, 5.74) is 0. The van der Waals surface area contributed by atoms with E-state index in [-0.39, 0.29) is 24.0 Å². The van der Waals surface area contributed by atoms with E-state index in [1.165, 1.54) is 32.1 Å². The first kappa shape index (κ1) is 21.0. The van der Waals surface area contributed by atoms with Crippen molar-refractivity contribution in [1.82, 2.24) is 15.5 Å². The fourth-order valence-corrected chi connectivity index (χ4v) is 2.34. The van der Waals surface area contributed by atoms with E-state index in [0.717, 1.165) is 31.0 Å². The normalized spacial score (nSPS) is 16.8. The summed E-state index contributed by atoms with van der Waals surface area (Å²) < 4.78 is 0. The zero-order chi connectivity index (χ0) is 15.0. The van der Waals surface area contributed by atoms with E-state index in [9.17, 15) is 0 Å². The predicted octanol–water partition coefficient (Wildman–Crippen LogP) is 3.08. The van der Waals surface area contributed by atoms with Crippen molar-refractivity contribution >= 4 is 29.9 Å². The first-order chi connectivity index (χ1) is 9.54. The van der Waals surface area contributed by atoms with Gasteiger partial charge in [-0.25, -0.2) is 0 Å². The highest BCUT2D eigenvalue weighted by atomic mass is 127. The molecule has 0 saturated heterocycles. The van der Waals surface area contributed by atoms with Gasteiger partial charge in [0.05, 0.1) is 0 Å². The van der Waals surface area contributed by atoms with E-state index in [1.54, 1.807) is 0 Å². The lowest BCUT2D eigenvalue weighted by molar-refractivity contribution is 0.247. The molecule has 0 aromatic rings. The summed E-state index contributed by atoms with van der Waals surface area (Å²) in [4.78, 5) is 6.76. The first-order valence-corrected chi connectivity index (χ1v) is 8.21. The highest BCUT2D eigenvalue weighted by Crippen LogP contribution is 2.26. The van der Waals surface area contributed by atoms with Crippen molar-refractivity contribution in [2.45, 2.75) is 65.0 Å². The number of hydrogen-bond donors (Lipinski definition) is 2. The van der Waals surface area contributed by atoms with Crippen molar-refractivity contribution < 1.29 is 0 Å². The third kappa shape index (κ3) is 9.55. The maximum absolute atomic E-state index is 4.29. The van der Waals surface area contributed by atoms with Crippen molar-refractivity contribution in [3.05, 3.63) is 0 Å². The number of likely N-dealkylation sites (N-methyl/N-ethyl adjacent to an activating group) is 1. The monoisotopic (exact) mass is 410 g/mol. The summed E-state index contributed by atoms with van der Waals surface area (Å²) in [6.07, 6.45) is 6.56. The fourth-order valence-electron chi connectivity index (χ4n) is 2.34. The third-order valence-corrected chi connectivity index (χ3v) is 4.11. The number of guanidine groups is 1. The molecule has 1 fully saturated rings. The summed E-state index contributed by atoms with van der Waals surface area (Å²) in [6.45, 7) is 8.82. The number of nitrogens with zero attached hydrogens (tertiary/aromatic N) is 2. The van der Waals surface area contributed by atoms with Crippen LogP contribution in [0.3, 0.4) is 0 Å². The lowest BCUT2D eigenvalue weighted by atomic mass is 10.1. The maximum atomic E-state index is 4.29. The lowest BCUT2D eigenvalue weighted by Crippen LogP contribution is -2.45. The summed E-state index contributed by atoms with van der Waals surface area (Å²) in [6, 6.07) is 1.37. The van der Waals surface area contributed by atoms with Crippen LogP contribution in [0.4, 0.5) is 0 Å². The fraction of sp³-hybridized carbons (Fsp3) is 0.938. The summed E-state index contributed by atoms with van der Waals surface area (Å²) in [7, 11) is 4.07. The lowest BCUT2D eigenvalue weighted by Gasteiger charge is -2.25. The van der Waals surface area contributed by atoms with Gasteiger partial charge < -0.3 is 10.6 Å². The van der Waals surface area contributed by atoms with Crippen molar-refractivity contribution in [2.24, 2.45) is 10.9 Å². The number of halogens is 1. The van der Waals surface area contributed by atoms with Gasteiger partial charge in [0, 0.05) is 32.2 Å². The molecule has 0 aliphatic heterocycles. The Morgan fingerprint density at radius 3 is 2.38 bits per heavy atom. The molecule has 2 N–H and O–H groups in total. The standard InChI is InChI=1S/C16H34N4.HI/c1-13(2)8-6-7-11-18-16(17-4)19-12-14(3)20(5)15-9-10-15;/h13-15H,6-12H2,1-5H3,(H2,17,18,19);1H. The molecule has 1 atom stereocenters. The molecule has 0 bridgehead atoms. The van der Waals surface area contributed by atoms with Gasteiger partial charge in [-0.1, -0.05) is 26.7 Å². The van der Waals surface area contributed by atoms with E-state index >= 15 is 0 Å². The Labute approximate surface area is 148 Å². The van der Waals surface area contributed by atoms with Gasteiger partial charge in [0.1, 0.15) is 0 Å². The van der Waals surface area contributed by atoms with Crippen LogP contribution in [-0.2, 0) is 0 Å². The molecule has 0 radical (unpaired) electrons. The van der Waals surface area contributed by atoms with E-state index in [0.29, 0.717) is 6.04 Å². The Bertz CT molecular complexity index is 290. The molecule has 1 aliphatic rings. The Balaban J connectivity index is 0.00000400. The zero-order valence-electron chi connectivity index (χ0n) is 14.5. The molecular weight excluding hydrogens is 375 g/mol. The maximum Gasteiger partial charge on any atom is 0.191 e. The van der Waals surface area contributed by atoms with Crippen LogP contribution in [0.1, 0.15) is 52.9 Å². The Kier molecular flexibility index (Phi) is 11.5. The summed E-state index contributed by atoms with van der Waals surface area (Å²) in [5, 5.41) is 6.83. The minimum absolute atomic E-state index is 0. The molecule has 1 aliphatic carbocycles. The van der Waals surface area contributed by atoms with Crippen LogP contribution in [0.25, 0.3) is 0 Å². The van der Waals surface area contributed by atoms with Gasteiger partial charge in [-0.2, -0.15) is 0 Å². The van der Waals surface area contributed by atoms with Crippen LogP contribution >= 0.6 is 24.0 Å². The second-order valence-electron chi connectivity index (χ2n) is 6.52. The molecule has 0 spiro atoms. The largest absolute Gasteiger partial charge is 0.356 e. The number of aliphatic imine (C=N–C) groups is 1.